The van der Waals surface area contributed by atoms with Crippen molar-refractivity contribution < 1.29 is 27.5 Å². The van der Waals surface area contributed by atoms with Crippen molar-refractivity contribution in [3.63, 3.8) is 0 Å². The molecule has 0 saturated heterocycles. The molecule has 3 aromatic rings. The van der Waals surface area contributed by atoms with Gasteiger partial charge in [-0.3, -0.25) is 14.3 Å². The summed E-state index contributed by atoms with van der Waals surface area (Å²) in [5.74, 6) is -1.94. The number of anilines is 2. The normalized spacial score (nSPS) is 13.7. The summed E-state index contributed by atoms with van der Waals surface area (Å²) in [5, 5.41) is 12.1. The van der Waals surface area contributed by atoms with E-state index in [0.29, 0.717) is 4.73 Å². The lowest BCUT2D eigenvalue weighted by Gasteiger charge is -2.19. The van der Waals surface area contributed by atoms with Gasteiger partial charge in [-0.25, -0.2) is 13.3 Å². The second-order valence-corrected chi connectivity index (χ2v) is 11.0. The number of halogens is 1. The third kappa shape index (κ3) is 4.19. The molecular formula is C24H22ClN3O6S. The number of amides is 2. The number of pyridine rings is 1. The Hall–Kier alpha value is -3.63. The summed E-state index contributed by atoms with van der Waals surface area (Å²) in [4.78, 5) is 27.3. The Bertz CT molecular complexity index is 1460. The van der Waals surface area contributed by atoms with E-state index in [9.17, 15) is 23.2 Å². The topological polar surface area (TPSA) is 120 Å². The highest BCUT2D eigenvalue weighted by atomic mass is 35.5. The molecule has 35 heavy (non-hydrogen) atoms. The van der Waals surface area contributed by atoms with Crippen molar-refractivity contribution >= 4 is 44.8 Å². The molecule has 4 rings (SSSR count). The van der Waals surface area contributed by atoms with Gasteiger partial charge in [-0.05, 0) is 41.3 Å². The van der Waals surface area contributed by atoms with Crippen molar-refractivity contribution in [3.05, 3.63) is 81.6 Å². The van der Waals surface area contributed by atoms with Crippen LogP contribution in [-0.2, 0) is 15.4 Å². The van der Waals surface area contributed by atoms with E-state index in [4.69, 9.17) is 16.3 Å². The third-order valence-corrected chi connectivity index (χ3v) is 7.29. The molecule has 2 amide bonds. The Kier molecular flexibility index (Phi) is 5.98. The van der Waals surface area contributed by atoms with Crippen LogP contribution in [0.1, 0.15) is 47.1 Å². The molecule has 0 spiro atoms. The van der Waals surface area contributed by atoms with E-state index in [1.54, 1.807) is 12.1 Å². The van der Waals surface area contributed by atoms with Crippen LogP contribution in [0, 0.1) is 5.21 Å². The maximum absolute atomic E-state index is 13.4. The van der Waals surface area contributed by atoms with Gasteiger partial charge in [0.2, 0.25) is 0 Å². The molecule has 182 valence electrons. The van der Waals surface area contributed by atoms with E-state index in [1.165, 1.54) is 43.5 Å². The first kappa shape index (κ1) is 24.5. The molecule has 0 radical (unpaired) electrons. The molecule has 1 aromatic heterocycles. The highest BCUT2D eigenvalue weighted by molar-refractivity contribution is 7.92. The minimum absolute atomic E-state index is 0.0139. The number of nitrogens with one attached hydrogen (secondary N) is 1. The molecule has 0 atom stereocenters. The van der Waals surface area contributed by atoms with Crippen LogP contribution in [0.15, 0.2) is 59.6 Å². The highest BCUT2D eigenvalue weighted by Crippen LogP contribution is 2.39. The second kappa shape index (κ2) is 8.54. The van der Waals surface area contributed by atoms with Crippen LogP contribution >= 0.6 is 11.6 Å². The van der Waals surface area contributed by atoms with Crippen molar-refractivity contribution in [1.29, 1.82) is 0 Å². The zero-order valence-corrected chi connectivity index (χ0v) is 20.9. The lowest BCUT2D eigenvalue weighted by molar-refractivity contribution is -0.611. The van der Waals surface area contributed by atoms with Crippen LogP contribution in [0.5, 0.6) is 5.88 Å². The minimum atomic E-state index is -4.11. The van der Waals surface area contributed by atoms with Gasteiger partial charge in [0, 0.05) is 6.07 Å². The van der Waals surface area contributed by atoms with Gasteiger partial charge < -0.3 is 9.94 Å². The smallest absolute Gasteiger partial charge is 0.404 e. The fourth-order valence-corrected chi connectivity index (χ4v) is 5.11. The van der Waals surface area contributed by atoms with E-state index < -0.39 is 21.8 Å². The number of sulfonamides is 1. The number of carbonyl (C=O) groups excluding carboxylic acids is 2. The summed E-state index contributed by atoms with van der Waals surface area (Å²) in [6.07, 6.45) is 1.15. The minimum Gasteiger partial charge on any atom is -0.616 e. The van der Waals surface area contributed by atoms with Crippen LogP contribution in [0.3, 0.4) is 0 Å². The molecule has 0 fully saturated rings. The van der Waals surface area contributed by atoms with E-state index in [-0.39, 0.29) is 43.7 Å². The molecule has 0 aliphatic carbocycles. The maximum Gasteiger partial charge on any atom is 0.404 e. The average Bonchev–Trinajstić information content (AvgIpc) is 3.06. The molecule has 2 aromatic carbocycles. The molecular weight excluding hydrogens is 494 g/mol. The van der Waals surface area contributed by atoms with Crippen LogP contribution in [0.4, 0.5) is 11.4 Å². The quantitative estimate of drug-likeness (QED) is 0.313. The number of imide groups is 1. The predicted molar refractivity (Wildman–Crippen MR) is 130 cm³/mol. The van der Waals surface area contributed by atoms with E-state index >= 15 is 0 Å². The van der Waals surface area contributed by atoms with Gasteiger partial charge in [0.05, 0.1) is 33.8 Å². The predicted octanol–water partition coefficient (Wildman–Crippen LogP) is 3.88. The summed E-state index contributed by atoms with van der Waals surface area (Å²) in [6.45, 7) is 6.03. The first-order valence-electron chi connectivity index (χ1n) is 10.5. The van der Waals surface area contributed by atoms with E-state index in [1.807, 2.05) is 20.8 Å². The summed E-state index contributed by atoms with van der Waals surface area (Å²) < 4.78 is 34.1. The second-order valence-electron chi connectivity index (χ2n) is 8.90. The van der Waals surface area contributed by atoms with Gasteiger partial charge in [0.25, 0.3) is 21.8 Å². The lowest BCUT2D eigenvalue weighted by Crippen LogP contribution is -2.35. The highest BCUT2D eigenvalue weighted by Gasteiger charge is 2.43. The summed E-state index contributed by atoms with van der Waals surface area (Å²) in [5.41, 5.74) is 0.176. The summed E-state index contributed by atoms with van der Waals surface area (Å²) in [7, 11) is -2.88. The Balaban J connectivity index is 1.77. The van der Waals surface area contributed by atoms with Gasteiger partial charge in [0.1, 0.15) is 0 Å². The molecule has 2 heterocycles. The fourth-order valence-electron chi connectivity index (χ4n) is 3.79. The van der Waals surface area contributed by atoms with Crippen molar-refractivity contribution in [2.24, 2.45) is 0 Å². The van der Waals surface area contributed by atoms with Crippen molar-refractivity contribution in [1.82, 2.24) is 0 Å². The number of carbonyl (C=O) groups is 2. The van der Waals surface area contributed by atoms with Crippen molar-refractivity contribution in [2.45, 2.75) is 31.1 Å². The SMILES string of the molecule is COc1c(N2C(=O)c3c(Cl)ccc(NS(=O)(=O)c4ccc(C(C)(C)C)cc4)c3C2=O)ccc[n+]1[O-]. The standard InChI is InChI=1S/C24H22ClN3O6S/c1-24(2,3)14-7-9-15(10-8-14)35(32,33)26-17-12-11-16(25)19-20(17)22(30)28(21(19)29)18-6-5-13-27(31)23(18)34-4/h5-13,26H,1-4H3. The number of ether oxygens (including phenoxy) is 1. The Morgan fingerprint density at radius 3 is 2.23 bits per heavy atom. The Morgan fingerprint density at radius 1 is 1.00 bits per heavy atom. The molecule has 9 nitrogen and oxygen atoms in total. The van der Waals surface area contributed by atoms with Gasteiger partial charge in [-0.1, -0.05) is 44.5 Å². The van der Waals surface area contributed by atoms with Crippen LogP contribution in [0.25, 0.3) is 0 Å². The van der Waals surface area contributed by atoms with Crippen LogP contribution in [0.2, 0.25) is 5.02 Å². The number of methoxy groups -OCH3 is 1. The van der Waals surface area contributed by atoms with Crippen molar-refractivity contribution in [3.8, 4) is 5.88 Å². The first-order chi connectivity index (χ1) is 16.4. The van der Waals surface area contributed by atoms with E-state index in [2.05, 4.69) is 4.72 Å². The first-order valence-corrected chi connectivity index (χ1v) is 12.3. The van der Waals surface area contributed by atoms with E-state index in [0.717, 1.165) is 16.7 Å². The monoisotopic (exact) mass is 515 g/mol. The Labute approximate surface area is 207 Å². The zero-order chi connectivity index (χ0) is 25.7. The average molecular weight is 516 g/mol. The van der Waals surface area contributed by atoms with Gasteiger partial charge >= 0.3 is 5.88 Å². The number of nitrogens with zero attached hydrogens (tertiary/aromatic N) is 2. The van der Waals surface area contributed by atoms with Gasteiger partial charge in [-0.15, -0.1) is 4.73 Å². The van der Waals surface area contributed by atoms with Crippen LogP contribution in [-0.4, -0.2) is 27.3 Å². The summed E-state index contributed by atoms with van der Waals surface area (Å²) >= 11 is 6.23. The largest absolute Gasteiger partial charge is 0.616 e. The number of hydrogen-bond donors (Lipinski definition) is 1. The number of fused-ring (bicyclic) bond motifs is 1. The zero-order valence-electron chi connectivity index (χ0n) is 19.3. The summed E-state index contributed by atoms with van der Waals surface area (Å²) in [6, 6.07) is 11.7. The maximum atomic E-state index is 13.4. The van der Waals surface area contributed by atoms with Crippen LogP contribution < -0.4 is 19.1 Å². The number of hydrogen-bond acceptors (Lipinski definition) is 6. The molecule has 1 N–H and O–H groups in total. The molecule has 0 unspecified atom stereocenters. The number of rotatable bonds is 5. The van der Waals surface area contributed by atoms with Gasteiger partial charge in [0.15, 0.2) is 11.9 Å². The number of benzene rings is 2. The van der Waals surface area contributed by atoms with Crippen molar-refractivity contribution in [2.75, 3.05) is 16.7 Å². The molecule has 1 aliphatic rings. The van der Waals surface area contributed by atoms with Gasteiger partial charge in [-0.2, -0.15) is 0 Å². The molecule has 0 saturated carbocycles. The third-order valence-electron chi connectivity index (χ3n) is 5.59. The molecule has 11 heteroatoms. The Morgan fingerprint density at radius 2 is 1.63 bits per heavy atom. The molecule has 0 bridgehead atoms. The fraction of sp³-hybridized carbons (Fsp3) is 0.208. The lowest BCUT2D eigenvalue weighted by atomic mass is 9.87. The molecule has 1 aliphatic heterocycles. The number of aromatic nitrogens is 1.